The Morgan fingerprint density at radius 1 is 1.06 bits per heavy atom. The summed E-state index contributed by atoms with van der Waals surface area (Å²) >= 11 is 5.55. The number of carbonyl (C=O) groups excluding carboxylic acids is 1. The van der Waals surface area contributed by atoms with Crippen molar-refractivity contribution in [3.63, 3.8) is 0 Å². The molecule has 1 heterocycles. The van der Waals surface area contributed by atoms with E-state index in [4.69, 9.17) is 26.4 Å². The number of ether oxygens (including phenoxy) is 3. The Morgan fingerprint density at radius 3 is 2.24 bits per heavy atom. The van der Waals surface area contributed by atoms with Crippen LogP contribution in [0, 0.1) is 0 Å². The van der Waals surface area contributed by atoms with Gasteiger partial charge in [-0.1, -0.05) is 0 Å². The number of pyridine rings is 1. The second-order valence-corrected chi connectivity index (χ2v) is 8.07. The van der Waals surface area contributed by atoms with Gasteiger partial charge in [0.05, 0.1) is 41.6 Å². The van der Waals surface area contributed by atoms with E-state index in [-0.39, 0.29) is 5.91 Å². The van der Waals surface area contributed by atoms with Crippen LogP contribution in [0.1, 0.15) is 18.4 Å². The summed E-state index contributed by atoms with van der Waals surface area (Å²) in [6.45, 7) is 1.31. The van der Waals surface area contributed by atoms with Crippen LogP contribution in [0.4, 0.5) is 5.69 Å². The van der Waals surface area contributed by atoms with Crippen LogP contribution in [-0.2, 0) is 4.79 Å². The molecule has 2 aromatic rings. The van der Waals surface area contributed by atoms with Crippen molar-refractivity contribution in [3.8, 4) is 17.2 Å². The molecular weight excluding hydrogens is 440 g/mol. The summed E-state index contributed by atoms with van der Waals surface area (Å²) in [5, 5.41) is 6.92. The van der Waals surface area contributed by atoms with Crippen LogP contribution >= 0.6 is 12.2 Å². The van der Waals surface area contributed by atoms with Gasteiger partial charge in [0.25, 0.3) is 5.11 Å². The molecule has 0 bridgehead atoms. The van der Waals surface area contributed by atoms with Crippen LogP contribution in [-0.4, -0.2) is 64.5 Å². The molecule has 0 saturated carbocycles. The lowest BCUT2D eigenvalue weighted by Gasteiger charge is -2.28. The van der Waals surface area contributed by atoms with Crippen molar-refractivity contribution in [3.05, 3.63) is 48.3 Å². The van der Waals surface area contributed by atoms with Crippen molar-refractivity contribution in [2.45, 2.75) is 12.8 Å². The van der Waals surface area contributed by atoms with Gasteiger partial charge >= 0.3 is 0 Å². The third-order valence-electron chi connectivity index (χ3n) is 5.09. The minimum atomic E-state index is -0.165. The number of methoxy groups -OCH3 is 3. The molecule has 8 nitrogen and oxygen atoms in total. The smallest absolute Gasteiger partial charge is 0.274 e. The molecule has 0 fully saturated rings. The molecule has 2 N–H and O–H groups in total. The molecule has 178 valence electrons. The molecule has 1 aromatic heterocycles. The molecule has 9 heteroatoms. The number of carbonyl (C=O) groups is 1. The number of benzene rings is 1. The Bertz CT molecular complexity index is 939. The van der Waals surface area contributed by atoms with Crippen LogP contribution in [0.25, 0.3) is 6.08 Å². The highest BCUT2D eigenvalue weighted by atomic mass is 32.1. The third kappa shape index (κ3) is 7.44. The number of amides is 1. The molecule has 0 aliphatic rings. The van der Waals surface area contributed by atoms with Crippen LogP contribution < -0.4 is 29.3 Å². The van der Waals surface area contributed by atoms with E-state index in [1.807, 2.05) is 32.4 Å². The fourth-order valence-corrected chi connectivity index (χ4v) is 3.29. The van der Waals surface area contributed by atoms with E-state index in [9.17, 15) is 4.79 Å². The minimum absolute atomic E-state index is 0.165. The molecule has 0 aliphatic carbocycles. The highest BCUT2D eigenvalue weighted by Gasteiger charge is 2.25. The van der Waals surface area contributed by atoms with Gasteiger partial charge in [0, 0.05) is 43.6 Å². The van der Waals surface area contributed by atoms with Crippen molar-refractivity contribution in [2.24, 2.45) is 0 Å². The van der Waals surface area contributed by atoms with Crippen LogP contribution in [0.3, 0.4) is 0 Å². The van der Waals surface area contributed by atoms with Crippen molar-refractivity contribution >= 4 is 35.0 Å². The maximum Gasteiger partial charge on any atom is 0.274 e. The summed E-state index contributed by atoms with van der Waals surface area (Å²) in [5.74, 6) is 1.42. The first kappa shape index (κ1) is 26.1. The predicted molar refractivity (Wildman–Crippen MR) is 136 cm³/mol. The van der Waals surface area contributed by atoms with E-state index < -0.39 is 0 Å². The van der Waals surface area contributed by atoms with Crippen molar-refractivity contribution < 1.29 is 19.0 Å². The van der Waals surface area contributed by atoms with Crippen molar-refractivity contribution in [1.82, 2.24) is 20.1 Å². The zero-order chi connectivity index (χ0) is 24.3. The van der Waals surface area contributed by atoms with Gasteiger partial charge in [0.2, 0.25) is 11.7 Å². The first-order valence-electron chi connectivity index (χ1n) is 10.6. The fourth-order valence-electron chi connectivity index (χ4n) is 3.08. The number of aromatic nitrogens is 1. The number of quaternary nitrogens is 1. The predicted octanol–water partition coefficient (Wildman–Crippen LogP) is 3.16. The average Bonchev–Trinajstić information content (AvgIpc) is 2.84. The fraction of sp³-hybridized carbons (Fsp3) is 0.375. The Kier molecular flexibility index (Phi) is 10.1. The third-order valence-corrected chi connectivity index (χ3v) is 5.69. The first-order valence-corrected chi connectivity index (χ1v) is 11.0. The second-order valence-electron chi connectivity index (χ2n) is 7.69. The maximum atomic E-state index is 12.1. The standard InChI is InChI=1S/C24H32N4O4S/c1-28(2,19-9-8-12-25-17-19)24(33)27-14-7-6-13-26-22(29)11-10-18-15-20(30-3)23(32-5)21(16-18)31-4/h8-12,15-17H,6-7,13-14H2,1-5H3,(H-,26,27,29,33)/p+1/b11-10+. The van der Waals surface area contributed by atoms with Gasteiger partial charge in [-0.2, -0.15) is 0 Å². The lowest BCUT2D eigenvalue weighted by atomic mass is 10.1. The molecule has 0 radical (unpaired) electrons. The summed E-state index contributed by atoms with van der Waals surface area (Å²) in [7, 11) is 8.70. The Morgan fingerprint density at radius 2 is 1.70 bits per heavy atom. The summed E-state index contributed by atoms with van der Waals surface area (Å²) in [4.78, 5) is 16.3. The van der Waals surface area contributed by atoms with Gasteiger partial charge in [0.1, 0.15) is 0 Å². The lowest BCUT2D eigenvalue weighted by Crippen LogP contribution is -2.52. The van der Waals surface area contributed by atoms with Crippen LogP contribution in [0.15, 0.2) is 42.7 Å². The minimum Gasteiger partial charge on any atom is -0.493 e. The van der Waals surface area contributed by atoms with Crippen LogP contribution in [0.5, 0.6) is 17.2 Å². The quantitative estimate of drug-likeness (QED) is 0.225. The number of rotatable bonds is 11. The molecule has 2 rings (SSSR count). The van der Waals surface area contributed by atoms with E-state index >= 15 is 0 Å². The summed E-state index contributed by atoms with van der Waals surface area (Å²) < 4.78 is 16.4. The zero-order valence-corrected chi connectivity index (χ0v) is 20.7. The van der Waals surface area contributed by atoms with Gasteiger partial charge in [-0.3, -0.25) is 9.78 Å². The van der Waals surface area contributed by atoms with E-state index in [2.05, 4.69) is 15.6 Å². The van der Waals surface area contributed by atoms with E-state index in [1.165, 1.54) is 6.08 Å². The van der Waals surface area contributed by atoms with Crippen molar-refractivity contribution in [2.75, 3.05) is 48.5 Å². The average molecular weight is 474 g/mol. The van der Waals surface area contributed by atoms with Gasteiger partial charge in [-0.15, -0.1) is 0 Å². The van der Waals surface area contributed by atoms with Gasteiger partial charge < -0.3 is 24.8 Å². The molecule has 0 saturated heterocycles. The lowest BCUT2D eigenvalue weighted by molar-refractivity contribution is -0.116. The molecule has 0 unspecified atom stereocenters. The largest absolute Gasteiger partial charge is 0.493 e. The molecule has 0 atom stereocenters. The molecule has 1 amide bonds. The number of hydrogen-bond donors (Lipinski definition) is 2. The molecule has 0 spiro atoms. The number of nitrogens with zero attached hydrogens (tertiary/aromatic N) is 2. The Hall–Kier alpha value is -3.17. The SMILES string of the molecule is COc1cc(/C=C/C(=O)NCCCCNC(=S)[N+](C)(C)c2cccnc2)cc(OC)c1OC. The normalized spacial score (nSPS) is 11.2. The highest BCUT2D eigenvalue weighted by Crippen LogP contribution is 2.38. The van der Waals surface area contributed by atoms with Gasteiger partial charge in [0.15, 0.2) is 17.2 Å². The topological polar surface area (TPSA) is 81.7 Å². The monoisotopic (exact) mass is 473 g/mol. The number of thiocarbonyl (C=S) groups is 1. The van der Waals surface area contributed by atoms with Crippen LogP contribution in [0.2, 0.25) is 0 Å². The zero-order valence-electron chi connectivity index (χ0n) is 19.9. The van der Waals surface area contributed by atoms with E-state index in [0.717, 1.165) is 35.7 Å². The number of nitrogens with one attached hydrogen (secondary N) is 2. The molecule has 33 heavy (non-hydrogen) atoms. The van der Waals surface area contributed by atoms with Gasteiger partial charge in [-0.25, -0.2) is 4.48 Å². The molecule has 0 aliphatic heterocycles. The first-order chi connectivity index (χ1) is 15.8. The summed E-state index contributed by atoms with van der Waals surface area (Å²) in [6.07, 6.45) is 8.47. The van der Waals surface area contributed by atoms with Crippen molar-refractivity contribution in [1.29, 1.82) is 0 Å². The van der Waals surface area contributed by atoms with Gasteiger partial charge in [-0.05, 0) is 42.7 Å². The second kappa shape index (κ2) is 12.8. The number of hydrogen-bond acceptors (Lipinski definition) is 6. The number of unbranched alkanes of at least 4 members (excludes halogenated alkanes) is 1. The molecule has 1 aromatic carbocycles. The summed E-state index contributed by atoms with van der Waals surface area (Å²) in [6, 6.07) is 7.47. The van der Waals surface area contributed by atoms with E-state index in [1.54, 1.807) is 45.7 Å². The Labute approximate surface area is 201 Å². The maximum absolute atomic E-state index is 12.1. The summed E-state index contributed by atoms with van der Waals surface area (Å²) in [5.41, 5.74) is 1.79. The highest BCUT2D eigenvalue weighted by molar-refractivity contribution is 7.80. The van der Waals surface area contributed by atoms with E-state index in [0.29, 0.717) is 28.3 Å². The molecular formula is C24H33N4O4S+. The Balaban J connectivity index is 1.74.